The van der Waals surface area contributed by atoms with Gasteiger partial charge in [-0.05, 0) is 29.8 Å². The van der Waals surface area contributed by atoms with Crippen LogP contribution in [0.3, 0.4) is 0 Å². The van der Waals surface area contributed by atoms with Crippen molar-refractivity contribution >= 4 is 35.5 Å². The number of benzene rings is 3. The number of hydrogen-bond donors (Lipinski definition) is 2. The van der Waals surface area contributed by atoms with Gasteiger partial charge in [0.05, 0.1) is 14.2 Å². The molecule has 1 aromatic heterocycles. The maximum absolute atomic E-state index is 13.1. The smallest absolute Gasteiger partial charge is 0.274 e. The van der Waals surface area contributed by atoms with Gasteiger partial charge in [-0.3, -0.25) is 4.79 Å². The maximum Gasteiger partial charge on any atom is 0.274 e. The molecule has 0 fully saturated rings. The van der Waals surface area contributed by atoms with Gasteiger partial charge in [0.25, 0.3) is 5.91 Å². The molecule has 0 aliphatic heterocycles. The first-order valence-corrected chi connectivity index (χ1v) is 11.6. The van der Waals surface area contributed by atoms with E-state index in [2.05, 4.69) is 20.7 Å². The summed E-state index contributed by atoms with van der Waals surface area (Å²) in [6.07, 6.45) is 3.06. The number of ether oxygens (including phenoxy) is 2. The second-order valence-electron chi connectivity index (χ2n) is 7.69. The Morgan fingerprint density at radius 2 is 1.47 bits per heavy atom. The van der Waals surface area contributed by atoms with Crippen molar-refractivity contribution in [2.75, 3.05) is 24.9 Å². The number of para-hydroxylation sites is 2. The van der Waals surface area contributed by atoms with Gasteiger partial charge in [-0.25, -0.2) is 0 Å². The summed E-state index contributed by atoms with van der Waals surface area (Å²) in [5.74, 6) is 1.68. The summed E-state index contributed by atoms with van der Waals surface area (Å²) in [6.45, 7) is 0.805. The van der Waals surface area contributed by atoms with Crippen LogP contribution in [0.4, 0.5) is 11.9 Å². The highest BCUT2D eigenvalue weighted by Gasteiger charge is 2.16. The van der Waals surface area contributed by atoms with Crippen molar-refractivity contribution in [1.29, 1.82) is 0 Å². The van der Waals surface area contributed by atoms with Crippen molar-refractivity contribution in [3.05, 3.63) is 101 Å². The number of rotatable bonds is 10. The molecule has 0 amide bonds. The number of nitrogens with one attached hydrogen (secondary N) is 2. The highest BCUT2D eigenvalue weighted by atomic mass is 35.5. The quantitative estimate of drug-likeness (QED) is 0.275. The fourth-order valence-electron chi connectivity index (χ4n) is 3.54. The lowest BCUT2D eigenvalue weighted by molar-refractivity contribution is 0.0957. The van der Waals surface area contributed by atoms with E-state index in [4.69, 9.17) is 21.1 Å². The normalized spacial score (nSPS) is 10.9. The van der Waals surface area contributed by atoms with Crippen LogP contribution in [0.5, 0.6) is 11.5 Å². The molecule has 4 rings (SSSR count). The lowest BCUT2D eigenvalue weighted by Gasteiger charge is -2.09. The zero-order chi connectivity index (χ0) is 25.3. The second-order valence-corrected chi connectivity index (χ2v) is 8.10. The molecule has 3 aromatic carbocycles. The third-order valence-corrected chi connectivity index (χ3v) is 5.73. The van der Waals surface area contributed by atoms with Crippen LogP contribution in [0.25, 0.3) is 6.08 Å². The number of methoxy groups -OCH3 is 2. The number of carbonyl (C=O) groups is 1. The molecule has 4 aromatic rings. The molecule has 0 saturated heterocycles. The summed E-state index contributed by atoms with van der Waals surface area (Å²) in [6, 6.07) is 22.6. The molecule has 184 valence electrons. The Morgan fingerprint density at radius 1 is 0.889 bits per heavy atom. The summed E-state index contributed by atoms with van der Waals surface area (Å²) in [7, 11) is 3.24. The molecule has 0 unspecified atom stereocenters. The Balaban J connectivity index is 1.58. The highest BCUT2D eigenvalue weighted by molar-refractivity contribution is 6.32. The third-order valence-electron chi connectivity index (χ3n) is 5.39. The van der Waals surface area contributed by atoms with E-state index in [1.807, 2.05) is 66.7 Å². The lowest BCUT2D eigenvalue weighted by atomic mass is 10.2. The van der Waals surface area contributed by atoms with Crippen LogP contribution in [-0.2, 0) is 13.1 Å². The Hall–Kier alpha value is -4.30. The molecule has 0 aliphatic rings. The molecule has 0 radical (unpaired) electrons. The average molecular weight is 504 g/mol. The number of carbonyl (C=O) groups excluding carboxylic acids is 1. The fraction of sp³-hybridized carbons (Fsp3) is 0.148. The average Bonchev–Trinajstić information content (AvgIpc) is 3.33. The zero-order valence-electron chi connectivity index (χ0n) is 19.9. The monoisotopic (exact) mass is 503 g/mol. The molecular weight excluding hydrogens is 478 g/mol. The van der Waals surface area contributed by atoms with Gasteiger partial charge in [0.2, 0.25) is 11.9 Å². The summed E-state index contributed by atoms with van der Waals surface area (Å²) in [5, 5.41) is 11.3. The number of nitrogens with zero attached hydrogens (tertiary/aromatic N) is 3. The highest BCUT2D eigenvalue weighted by Crippen LogP contribution is 2.21. The van der Waals surface area contributed by atoms with Gasteiger partial charge in [-0.2, -0.15) is 9.67 Å². The molecular formula is C27H26ClN5O3. The van der Waals surface area contributed by atoms with Crippen molar-refractivity contribution in [1.82, 2.24) is 14.8 Å². The van der Waals surface area contributed by atoms with Crippen LogP contribution in [0.2, 0.25) is 5.02 Å². The van der Waals surface area contributed by atoms with Gasteiger partial charge in [-0.1, -0.05) is 66.2 Å². The first-order valence-electron chi connectivity index (χ1n) is 11.2. The minimum atomic E-state index is -0.379. The minimum absolute atomic E-state index is 0.289. The van der Waals surface area contributed by atoms with E-state index in [9.17, 15) is 4.79 Å². The standard InChI is InChI=1S/C27H26ClN5O3/c1-35-23-13-7-4-10-20(23)17-29-26-31-27(30-18-21-11-5-8-14-24(21)36-2)33(32-26)25(34)16-15-19-9-3-6-12-22(19)28/h3-16H,17-18H2,1-2H3,(H2,29,30,31,32). The van der Waals surface area contributed by atoms with Crippen LogP contribution in [0.15, 0.2) is 78.9 Å². The topological polar surface area (TPSA) is 90.3 Å². The summed E-state index contributed by atoms with van der Waals surface area (Å²) in [5.41, 5.74) is 2.58. The SMILES string of the molecule is COc1ccccc1CNc1nc(NCc2ccccc2OC)n(C(=O)C=Cc2ccccc2Cl)n1. The van der Waals surface area contributed by atoms with Gasteiger partial charge in [-0.15, -0.1) is 5.10 Å². The van der Waals surface area contributed by atoms with Crippen LogP contribution in [-0.4, -0.2) is 34.9 Å². The van der Waals surface area contributed by atoms with E-state index >= 15 is 0 Å². The molecule has 1 heterocycles. The van der Waals surface area contributed by atoms with E-state index in [-0.39, 0.29) is 11.9 Å². The summed E-state index contributed by atoms with van der Waals surface area (Å²) in [4.78, 5) is 17.6. The van der Waals surface area contributed by atoms with E-state index in [0.717, 1.165) is 28.2 Å². The first-order chi connectivity index (χ1) is 17.6. The molecule has 36 heavy (non-hydrogen) atoms. The van der Waals surface area contributed by atoms with Crippen molar-refractivity contribution in [3.8, 4) is 11.5 Å². The predicted octanol–water partition coefficient (Wildman–Crippen LogP) is 5.53. The van der Waals surface area contributed by atoms with Crippen molar-refractivity contribution < 1.29 is 14.3 Å². The molecule has 0 atom stereocenters. The van der Waals surface area contributed by atoms with Gasteiger partial charge >= 0.3 is 0 Å². The molecule has 0 bridgehead atoms. The van der Waals surface area contributed by atoms with Crippen molar-refractivity contribution in [2.45, 2.75) is 13.1 Å². The van der Waals surface area contributed by atoms with E-state index < -0.39 is 0 Å². The van der Waals surface area contributed by atoms with Crippen molar-refractivity contribution in [2.24, 2.45) is 0 Å². The van der Waals surface area contributed by atoms with E-state index in [1.165, 1.54) is 10.8 Å². The summed E-state index contributed by atoms with van der Waals surface area (Å²) < 4.78 is 12.1. The molecule has 9 heteroatoms. The fourth-order valence-corrected chi connectivity index (χ4v) is 3.74. The maximum atomic E-state index is 13.1. The van der Waals surface area contributed by atoms with Gasteiger partial charge in [0.15, 0.2) is 0 Å². The van der Waals surface area contributed by atoms with Crippen LogP contribution in [0.1, 0.15) is 21.5 Å². The summed E-state index contributed by atoms with van der Waals surface area (Å²) >= 11 is 6.22. The Kier molecular flexibility index (Phi) is 8.20. The van der Waals surface area contributed by atoms with Crippen LogP contribution >= 0.6 is 11.6 Å². The Labute approximate surface area is 214 Å². The predicted molar refractivity (Wildman–Crippen MR) is 142 cm³/mol. The molecule has 0 aliphatic carbocycles. The largest absolute Gasteiger partial charge is 0.496 e. The number of aromatic nitrogens is 3. The van der Waals surface area contributed by atoms with Crippen molar-refractivity contribution in [3.63, 3.8) is 0 Å². The second kappa shape index (κ2) is 11.9. The zero-order valence-corrected chi connectivity index (χ0v) is 20.7. The first kappa shape index (κ1) is 24.8. The number of hydrogen-bond acceptors (Lipinski definition) is 7. The number of allylic oxidation sites excluding steroid dienone is 1. The third kappa shape index (κ3) is 6.03. The van der Waals surface area contributed by atoms with E-state index in [0.29, 0.717) is 24.1 Å². The minimum Gasteiger partial charge on any atom is -0.496 e. The Bertz CT molecular complexity index is 1370. The molecule has 8 nitrogen and oxygen atoms in total. The number of anilines is 2. The Morgan fingerprint density at radius 3 is 2.11 bits per heavy atom. The van der Waals surface area contributed by atoms with Gasteiger partial charge in [0, 0.05) is 35.3 Å². The number of halogens is 1. The molecule has 0 saturated carbocycles. The van der Waals surface area contributed by atoms with Crippen LogP contribution < -0.4 is 20.1 Å². The van der Waals surface area contributed by atoms with Gasteiger partial charge in [0.1, 0.15) is 11.5 Å². The van der Waals surface area contributed by atoms with E-state index in [1.54, 1.807) is 26.4 Å². The molecule has 0 spiro atoms. The molecule has 2 N–H and O–H groups in total. The van der Waals surface area contributed by atoms with Gasteiger partial charge < -0.3 is 20.1 Å². The lowest BCUT2D eigenvalue weighted by Crippen LogP contribution is -2.15. The van der Waals surface area contributed by atoms with Crippen LogP contribution in [0, 0.1) is 0 Å².